The predicted molar refractivity (Wildman–Crippen MR) is 126 cm³/mol. The normalized spacial score (nSPS) is 10.6. The van der Waals surface area contributed by atoms with Crippen molar-refractivity contribution in [2.75, 3.05) is 33.3 Å². The van der Waals surface area contributed by atoms with Crippen LogP contribution in [-0.4, -0.2) is 55.3 Å². The molecule has 1 N–H and O–H groups in total. The van der Waals surface area contributed by atoms with Crippen molar-refractivity contribution in [3.05, 3.63) is 54.0 Å². The number of benzene rings is 1. The minimum Gasteiger partial charge on any atom is -0.493 e. The van der Waals surface area contributed by atoms with Crippen LogP contribution in [-0.2, 0) is 6.54 Å². The third kappa shape index (κ3) is 5.31. The van der Waals surface area contributed by atoms with Crippen LogP contribution in [0.5, 0.6) is 17.2 Å². The lowest BCUT2D eigenvalue weighted by atomic mass is 10.1. The van der Waals surface area contributed by atoms with E-state index in [-0.39, 0.29) is 11.9 Å². The molecule has 2 aromatic heterocycles. The molecule has 33 heavy (non-hydrogen) atoms. The highest BCUT2D eigenvalue weighted by Gasteiger charge is 2.22. The average Bonchev–Trinajstić information content (AvgIpc) is 2.85. The van der Waals surface area contributed by atoms with Crippen molar-refractivity contribution in [3.8, 4) is 28.6 Å². The second-order valence-corrected chi connectivity index (χ2v) is 7.55. The van der Waals surface area contributed by atoms with Gasteiger partial charge in [0.05, 0.1) is 33.6 Å². The van der Waals surface area contributed by atoms with E-state index in [0.717, 1.165) is 5.69 Å². The third-order valence-electron chi connectivity index (χ3n) is 5.20. The molecule has 0 saturated heterocycles. The molecule has 0 aliphatic carbocycles. The first-order chi connectivity index (χ1) is 15.9. The Hall–Kier alpha value is -3.88. The Bertz CT molecular complexity index is 1080. The van der Waals surface area contributed by atoms with Crippen LogP contribution >= 0.6 is 0 Å². The minimum atomic E-state index is -0.278. The molecule has 3 rings (SSSR count). The van der Waals surface area contributed by atoms with Gasteiger partial charge >= 0.3 is 0 Å². The molecular formula is C24H29N5O4. The summed E-state index contributed by atoms with van der Waals surface area (Å²) in [6, 6.07) is 9.21. The monoisotopic (exact) mass is 451 g/mol. The zero-order chi connectivity index (χ0) is 24.0. The first-order valence-corrected chi connectivity index (χ1v) is 10.5. The molecule has 174 valence electrons. The van der Waals surface area contributed by atoms with Crippen molar-refractivity contribution >= 4 is 11.7 Å². The van der Waals surface area contributed by atoms with Gasteiger partial charge in [-0.1, -0.05) is 6.07 Å². The van der Waals surface area contributed by atoms with Crippen LogP contribution in [0.4, 0.5) is 5.82 Å². The number of amides is 1. The van der Waals surface area contributed by atoms with Gasteiger partial charge in [0.2, 0.25) is 5.75 Å². The number of carbonyl (C=O) groups is 1. The van der Waals surface area contributed by atoms with Crippen molar-refractivity contribution in [3.63, 3.8) is 0 Å². The molecule has 1 amide bonds. The van der Waals surface area contributed by atoms with E-state index in [1.54, 1.807) is 39.7 Å². The maximum absolute atomic E-state index is 13.0. The molecule has 3 aromatic rings. The number of aromatic nitrogens is 3. The quantitative estimate of drug-likeness (QED) is 0.529. The largest absolute Gasteiger partial charge is 0.493 e. The predicted octanol–water partition coefficient (Wildman–Crippen LogP) is 3.34. The van der Waals surface area contributed by atoms with E-state index in [2.05, 4.69) is 15.3 Å². The molecule has 1 aromatic carbocycles. The van der Waals surface area contributed by atoms with Gasteiger partial charge in [-0.25, -0.2) is 9.97 Å². The number of methoxy groups -OCH3 is 3. The van der Waals surface area contributed by atoms with Crippen molar-refractivity contribution in [1.82, 2.24) is 20.3 Å². The van der Waals surface area contributed by atoms with Crippen molar-refractivity contribution in [1.29, 1.82) is 0 Å². The molecule has 9 heteroatoms. The van der Waals surface area contributed by atoms with Gasteiger partial charge in [0, 0.05) is 31.0 Å². The Morgan fingerprint density at radius 3 is 2.30 bits per heavy atom. The van der Waals surface area contributed by atoms with Gasteiger partial charge in [-0.2, -0.15) is 0 Å². The molecule has 0 unspecified atom stereocenters. The fraction of sp³-hybridized carbons (Fsp3) is 0.333. The number of ether oxygens (including phenoxy) is 3. The van der Waals surface area contributed by atoms with Gasteiger partial charge in [0.1, 0.15) is 11.4 Å². The summed E-state index contributed by atoms with van der Waals surface area (Å²) in [6.07, 6.45) is 3.22. The zero-order valence-corrected chi connectivity index (χ0v) is 19.7. The van der Waals surface area contributed by atoms with Crippen LogP contribution in [0, 0.1) is 0 Å². The molecule has 0 spiro atoms. The van der Waals surface area contributed by atoms with Crippen LogP contribution in [0.15, 0.2) is 42.7 Å². The highest BCUT2D eigenvalue weighted by Crippen LogP contribution is 2.40. The number of nitrogens with one attached hydrogen (secondary N) is 1. The van der Waals surface area contributed by atoms with Gasteiger partial charge in [-0.3, -0.25) is 9.78 Å². The lowest BCUT2D eigenvalue weighted by molar-refractivity contribution is 0.0950. The summed E-state index contributed by atoms with van der Waals surface area (Å²) >= 11 is 0. The summed E-state index contributed by atoms with van der Waals surface area (Å²) in [6.45, 7) is 4.35. The van der Waals surface area contributed by atoms with E-state index >= 15 is 0 Å². The van der Waals surface area contributed by atoms with Crippen molar-refractivity contribution in [2.45, 2.75) is 26.4 Å². The van der Waals surface area contributed by atoms with Gasteiger partial charge < -0.3 is 24.4 Å². The molecule has 0 fully saturated rings. The number of anilines is 1. The average molecular weight is 452 g/mol. The minimum absolute atomic E-state index is 0.107. The summed E-state index contributed by atoms with van der Waals surface area (Å²) in [7, 11) is 6.54. The molecule has 0 atom stereocenters. The van der Waals surface area contributed by atoms with Crippen LogP contribution < -0.4 is 24.4 Å². The van der Waals surface area contributed by atoms with E-state index < -0.39 is 0 Å². The number of carbonyl (C=O) groups excluding carboxylic acids is 1. The van der Waals surface area contributed by atoms with E-state index in [1.807, 2.05) is 44.0 Å². The summed E-state index contributed by atoms with van der Waals surface area (Å²) in [4.78, 5) is 28.4. The molecule has 0 aliphatic heterocycles. The van der Waals surface area contributed by atoms with Crippen LogP contribution in [0.1, 0.15) is 29.9 Å². The molecule has 0 saturated carbocycles. The van der Waals surface area contributed by atoms with Crippen LogP contribution in [0.2, 0.25) is 0 Å². The first-order valence-electron chi connectivity index (χ1n) is 10.5. The Balaban J connectivity index is 2.01. The van der Waals surface area contributed by atoms with Crippen LogP contribution in [0.3, 0.4) is 0 Å². The molecule has 0 radical (unpaired) electrons. The SMILES string of the molecule is COc1cc(-c2ncc(C(=O)NCc3ccccn3)c(N(C)C(C)C)n2)cc(OC)c1OC. The van der Waals surface area contributed by atoms with E-state index in [4.69, 9.17) is 19.2 Å². The second-order valence-electron chi connectivity index (χ2n) is 7.55. The van der Waals surface area contributed by atoms with Gasteiger partial charge in [-0.05, 0) is 38.1 Å². The molecule has 0 aliphatic rings. The Labute approximate surface area is 193 Å². The number of hydrogen-bond acceptors (Lipinski definition) is 8. The number of nitrogens with zero attached hydrogens (tertiary/aromatic N) is 4. The second kappa shape index (κ2) is 10.6. The summed E-state index contributed by atoms with van der Waals surface area (Å²) in [5, 5.41) is 2.90. The van der Waals surface area contributed by atoms with Gasteiger partial charge in [-0.15, -0.1) is 0 Å². The topological polar surface area (TPSA) is 98.7 Å². The van der Waals surface area contributed by atoms with E-state index in [1.165, 1.54) is 6.20 Å². The Morgan fingerprint density at radius 2 is 1.76 bits per heavy atom. The number of hydrogen-bond donors (Lipinski definition) is 1. The summed E-state index contributed by atoms with van der Waals surface area (Å²) in [5.74, 6) is 2.13. The first kappa shape index (κ1) is 23.8. The number of pyridine rings is 1. The fourth-order valence-electron chi connectivity index (χ4n) is 3.16. The smallest absolute Gasteiger partial charge is 0.256 e. The molecule has 0 bridgehead atoms. The third-order valence-corrected chi connectivity index (χ3v) is 5.20. The maximum atomic E-state index is 13.0. The van der Waals surface area contributed by atoms with Crippen molar-refractivity contribution < 1.29 is 19.0 Å². The standard InChI is InChI=1S/C24H29N5O4/c1-15(2)29(3)23-18(24(30)27-13-17-9-7-8-10-25-17)14-26-22(28-23)16-11-19(31-4)21(33-6)20(12-16)32-5/h7-12,14-15H,13H2,1-6H3,(H,27,30). The lowest BCUT2D eigenvalue weighted by Gasteiger charge is -2.25. The number of rotatable bonds is 9. The van der Waals surface area contributed by atoms with Crippen LogP contribution in [0.25, 0.3) is 11.4 Å². The highest BCUT2D eigenvalue weighted by molar-refractivity contribution is 5.98. The molecular weight excluding hydrogens is 422 g/mol. The highest BCUT2D eigenvalue weighted by atomic mass is 16.5. The fourth-order valence-corrected chi connectivity index (χ4v) is 3.16. The van der Waals surface area contributed by atoms with Crippen molar-refractivity contribution in [2.24, 2.45) is 0 Å². The summed E-state index contributed by atoms with van der Waals surface area (Å²) in [5.41, 5.74) is 1.81. The Kier molecular flexibility index (Phi) is 7.66. The van der Waals surface area contributed by atoms with Gasteiger partial charge in [0.15, 0.2) is 17.3 Å². The Morgan fingerprint density at radius 1 is 1.06 bits per heavy atom. The van der Waals surface area contributed by atoms with Gasteiger partial charge in [0.25, 0.3) is 5.91 Å². The van der Waals surface area contributed by atoms with E-state index in [0.29, 0.717) is 46.6 Å². The van der Waals surface area contributed by atoms with E-state index in [9.17, 15) is 4.79 Å². The lowest BCUT2D eigenvalue weighted by Crippen LogP contribution is -2.31. The molecule has 9 nitrogen and oxygen atoms in total. The molecule has 2 heterocycles. The zero-order valence-electron chi connectivity index (χ0n) is 19.7. The summed E-state index contributed by atoms with van der Waals surface area (Å²) < 4.78 is 16.3. The maximum Gasteiger partial charge on any atom is 0.256 e.